The monoisotopic (exact) mass is 194 g/mol. The molecule has 1 unspecified atom stereocenters. The van der Waals surface area contributed by atoms with Crippen LogP contribution in [0, 0.1) is 6.92 Å². The molecule has 1 aromatic heterocycles. The minimum atomic E-state index is 0.226. The lowest BCUT2D eigenvalue weighted by Crippen LogP contribution is -2.28. The van der Waals surface area contributed by atoms with E-state index in [4.69, 9.17) is 4.74 Å². The largest absolute Gasteiger partial charge is 0.488 e. The van der Waals surface area contributed by atoms with Gasteiger partial charge in [-0.1, -0.05) is 6.92 Å². The molecule has 0 aliphatic heterocycles. The molecule has 3 nitrogen and oxygen atoms in total. The molecule has 0 bridgehead atoms. The molecule has 1 N–H and O–H groups in total. The van der Waals surface area contributed by atoms with E-state index in [0.717, 1.165) is 24.4 Å². The predicted molar refractivity (Wildman–Crippen MR) is 57.6 cm³/mol. The summed E-state index contributed by atoms with van der Waals surface area (Å²) >= 11 is 0. The van der Waals surface area contributed by atoms with E-state index in [1.807, 2.05) is 26.1 Å². The quantitative estimate of drug-likeness (QED) is 0.775. The molecule has 0 saturated heterocycles. The van der Waals surface area contributed by atoms with Gasteiger partial charge in [-0.25, -0.2) is 0 Å². The van der Waals surface area contributed by atoms with Crippen LogP contribution in [0.5, 0.6) is 5.75 Å². The molecule has 78 valence electrons. The van der Waals surface area contributed by atoms with E-state index in [9.17, 15) is 0 Å². The van der Waals surface area contributed by atoms with Crippen molar-refractivity contribution in [1.29, 1.82) is 0 Å². The molecular weight excluding hydrogens is 176 g/mol. The number of nitrogens with zero attached hydrogens (tertiary/aromatic N) is 1. The van der Waals surface area contributed by atoms with Gasteiger partial charge in [0, 0.05) is 12.2 Å². The molecule has 0 radical (unpaired) electrons. The smallest absolute Gasteiger partial charge is 0.138 e. The van der Waals surface area contributed by atoms with Gasteiger partial charge in [-0.05, 0) is 32.5 Å². The molecule has 0 fully saturated rings. The van der Waals surface area contributed by atoms with Crippen LogP contribution in [0.1, 0.15) is 19.0 Å². The summed E-state index contributed by atoms with van der Waals surface area (Å²) in [5.74, 6) is 0.845. The summed E-state index contributed by atoms with van der Waals surface area (Å²) < 4.78 is 5.73. The highest BCUT2D eigenvalue weighted by molar-refractivity contribution is 5.19. The van der Waals surface area contributed by atoms with E-state index in [0.29, 0.717) is 0 Å². The Morgan fingerprint density at radius 3 is 2.79 bits per heavy atom. The maximum absolute atomic E-state index is 5.73. The molecule has 14 heavy (non-hydrogen) atoms. The summed E-state index contributed by atoms with van der Waals surface area (Å²) in [6.45, 7) is 4.95. The van der Waals surface area contributed by atoms with Crippen molar-refractivity contribution in [3.05, 3.63) is 24.0 Å². The van der Waals surface area contributed by atoms with Crippen molar-refractivity contribution in [2.24, 2.45) is 0 Å². The van der Waals surface area contributed by atoms with E-state index in [1.165, 1.54) is 0 Å². The normalized spacial score (nSPS) is 12.5. The van der Waals surface area contributed by atoms with Gasteiger partial charge in [-0.2, -0.15) is 0 Å². The van der Waals surface area contributed by atoms with E-state index in [1.54, 1.807) is 6.20 Å². The highest BCUT2D eigenvalue weighted by Gasteiger charge is 2.06. The van der Waals surface area contributed by atoms with Gasteiger partial charge in [0.15, 0.2) is 0 Å². The summed E-state index contributed by atoms with van der Waals surface area (Å²) in [4.78, 5) is 4.18. The van der Waals surface area contributed by atoms with Crippen LogP contribution < -0.4 is 10.1 Å². The Labute approximate surface area is 85.5 Å². The first kappa shape index (κ1) is 11.0. The van der Waals surface area contributed by atoms with Crippen LogP contribution in [-0.2, 0) is 0 Å². The summed E-state index contributed by atoms with van der Waals surface area (Å²) in [5.41, 5.74) is 1.01. The number of ether oxygens (including phenoxy) is 1. The summed E-state index contributed by atoms with van der Waals surface area (Å²) in [7, 11) is 1.93. The van der Waals surface area contributed by atoms with Crippen molar-refractivity contribution in [2.75, 3.05) is 13.6 Å². The molecule has 0 saturated carbocycles. The molecule has 1 heterocycles. The second-order valence-corrected chi connectivity index (χ2v) is 3.34. The zero-order valence-corrected chi connectivity index (χ0v) is 9.08. The predicted octanol–water partition coefficient (Wildman–Crippen LogP) is 1.77. The fourth-order valence-corrected chi connectivity index (χ4v) is 1.21. The average Bonchev–Trinajstić information content (AvgIpc) is 2.20. The van der Waals surface area contributed by atoms with Crippen molar-refractivity contribution in [3.63, 3.8) is 0 Å². The van der Waals surface area contributed by atoms with Gasteiger partial charge in [-0.3, -0.25) is 4.98 Å². The Bertz CT molecular complexity index is 258. The van der Waals surface area contributed by atoms with E-state index in [2.05, 4.69) is 17.2 Å². The number of rotatable bonds is 5. The van der Waals surface area contributed by atoms with E-state index >= 15 is 0 Å². The lowest BCUT2D eigenvalue weighted by Gasteiger charge is -2.16. The molecule has 0 amide bonds. The number of pyridine rings is 1. The van der Waals surface area contributed by atoms with Gasteiger partial charge >= 0.3 is 0 Å². The number of hydrogen-bond acceptors (Lipinski definition) is 3. The third-order valence-corrected chi connectivity index (χ3v) is 2.07. The van der Waals surface area contributed by atoms with Gasteiger partial charge in [0.25, 0.3) is 0 Å². The van der Waals surface area contributed by atoms with Crippen LogP contribution in [0.4, 0.5) is 0 Å². The average molecular weight is 194 g/mol. The Balaban J connectivity index is 2.53. The minimum Gasteiger partial charge on any atom is -0.488 e. The molecule has 1 rings (SSSR count). The molecule has 0 aromatic carbocycles. The lowest BCUT2D eigenvalue weighted by molar-refractivity contribution is 0.195. The first-order valence-electron chi connectivity index (χ1n) is 5.00. The first-order chi connectivity index (χ1) is 6.76. The van der Waals surface area contributed by atoms with Gasteiger partial charge in [0.2, 0.25) is 0 Å². The third-order valence-electron chi connectivity index (χ3n) is 2.07. The molecule has 1 atom stereocenters. The van der Waals surface area contributed by atoms with Crippen LogP contribution in [0.25, 0.3) is 0 Å². The van der Waals surface area contributed by atoms with Crippen molar-refractivity contribution in [3.8, 4) is 5.75 Å². The Morgan fingerprint density at radius 1 is 1.50 bits per heavy atom. The Morgan fingerprint density at radius 2 is 2.29 bits per heavy atom. The zero-order valence-electron chi connectivity index (χ0n) is 9.08. The van der Waals surface area contributed by atoms with Crippen molar-refractivity contribution < 1.29 is 4.74 Å². The summed E-state index contributed by atoms with van der Waals surface area (Å²) in [6.07, 6.45) is 2.99. The second-order valence-electron chi connectivity index (χ2n) is 3.34. The fourth-order valence-electron chi connectivity index (χ4n) is 1.21. The summed E-state index contributed by atoms with van der Waals surface area (Å²) in [5, 5.41) is 3.10. The number of hydrogen-bond donors (Lipinski definition) is 1. The molecule has 0 spiro atoms. The standard InChI is InChI=1S/C11H18N2O/c1-4-10(7-12-3)14-11-6-5-9(2)13-8-11/h5-6,8,10,12H,4,7H2,1-3H3. The Hall–Kier alpha value is -1.09. The molecule has 0 aliphatic carbocycles. The molecule has 1 aromatic rings. The highest BCUT2D eigenvalue weighted by Crippen LogP contribution is 2.11. The van der Waals surface area contributed by atoms with Crippen molar-refractivity contribution in [1.82, 2.24) is 10.3 Å². The molecule has 3 heteroatoms. The van der Waals surface area contributed by atoms with Crippen LogP contribution >= 0.6 is 0 Å². The van der Waals surface area contributed by atoms with Crippen LogP contribution in [0.3, 0.4) is 0 Å². The van der Waals surface area contributed by atoms with Crippen molar-refractivity contribution in [2.45, 2.75) is 26.4 Å². The van der Waals surface area contributed by atoms with Gasteiger partial charge in [-0.15, -0.1) is 0 Å². The van der Waals surface area contributed by atoms with E-state index < -0.39 is 0 Å². The molecule has 0 aliphatic rings. The van der Waals surface area contributed by atoms with Crippen LogP contribution in [-0.4, -0.2) is 24.7 Å². The minimum absolute atomic E-state index is 0.226. The van der Waals surface area contributed by atoms with Gasteiger partial charge in [0.1, 0.15) is 11.9 Å². The van der Waals surface area contributed by atoms with Gasteiger partial charge in [0.05, 0.1) is 6.20 Å². The van der Waals surface area contributed by atoms with Crippen molar-refractivity contribution >= 4 is 0 Å². The van der Waals surface area contributed by atoms with E-state index in [-0.39, 0.29) is 6.10 Å². The number of aromatic nitrogens is 1. The SMILES string of the molecule is CCC(CNC)Oc1ccc(C)nc1. The number of likely N-dealkylation sites (N-methyl/N-ethyl adjacent to an activating group) is 1. The summed E-state index contributed by atoms with van der Waals surface area (Å²) in [6, 6.07) is 3.92. The maximum atomic E-state index is 5.73. The zero-order chi connectivity index (χ0) is 10.4. The number of aryl methyl sites for hydroxylation is 1. The fraction of sp³-hybridized carbons (Fsp3) is 0.545. The Kier molecular flexibility index (Phi) is 4.40. The van der Waals surface area contributed by atoms with Gasteiger partial charge < -0.3 is 10.1 Å². The van der Waals surface area contributed by atoms with Crippen LogP contribution in [0.15, 0.2) is 18.3 Å². The third kappa shape index (κ3) is 3.34. The lowest BCUT2D eigenvalue weighted by atomic mass is 10.2. The number of nitrogens with one attached hydrogen (secondary N) is 1. The molecular formula is C11H18N2O. The van der Waals surface area contributed by atoms with Crippen LogP contribution in [0.2, 0.25) is 0 Å². The first-order valence-corrected chi connectivity index (χ1v) is 5.00. The highest BCUT2D eigenvalue weighted by atomic mass is 16.5. The topological polar surface area (TPSA) is 34.1 Å². The second kappa shape index (κ2) is 5.60. The maximum Gasteiger partial charge on any atom is 0.138 e.